The van der Waals surface area contributed by atoms with E-state index in [-0.39, 0.29) is 11.7 Å². The monoisotopic (exact) mass is 387 g/mol. The zero-order chi connectivity index (χ0) is 18.7. The zero-order valence-corrected chi connectivity index (χ0v) is 15.9. The molecular weight excluding hydrogens is 370 g/mol. The number of nitrogens with one attached hydrogen (secondary N) is 1. The van der Waals surface area contributed by atoms with Gasteiger partial charge in [0.2, 0.25) is 11.1 Å². The predicted molar refractivity (Wildman–Crippen MR) is 106 cm³/mol. The van der Waals surface area contributed by atoms with Crippen LogP contribution in [0.1, 0.15) is 11.1 Å². The first-order valence-corrected chi connectivity index (χ1v) is 9.27. The SMILES string of the molecule is Cc1ccc(-c2nnc(SCC(=O)Nc3ccc(C)c(Cl)c3)n2N)cc1. The van der Waals surface area contributed by atoms with Crippen LogP contribution in [0.4, 0.5) is 5.69 Å². The van der Waals surface area contributed by atoms with Gasteiger partial charge in [-0.1, -0.05) is 59.3 Å². The second kappa shape index (κ2) is 7.80. The fraction of sp³-hybridized carbons (Fsp3) is 0.167. The molecule has 0 atom stereocenters. The lowest BCUT2D eigenvalue weighted by Crippen LogP contribution is -2.16. The van der Waals surface area contributed by atoms with Crippen molar-refractivity contribution in [2.45, 2.75) is 19.0 Å². The molecule has 0 saturated carbocycles. The number of hydrogen-bond donors (Lipinski definition) is 2. The third kappa shape index (κ3) is 4.17. The Bertz CT molecular complexity index is 939. The molecule has 1 aromatic heterocycles. The Morgan fingerprint density at radius 2 is 1.92 bits per heavy atom. The van der Waals surface area contributed by atoms with Gasteiger partial charge in [-0.2, -0.15) is 0 Å². The molecule has 6 nitrogen and oxygen atoms in total. The predicted octanol–water partition coefficient (Wildman–Crippen LogP) is 3.66. The van der Waals surface area contributed by atoms with Crippen molar-refractivity contribution in [1.82, 2.24) is 14.9 Å². The maximum absolute atomic E-state index is 12.1. The van der Waals surface area contributed by atoms with Crippen molar-refractivity contribution in [2.75, 3.05) is 16.9 Å². The molecule has 0 unspecified atom stereocenters. The van der Waals surface area contributed by atoms with Gasteiger partial charge in [-0.25, -0.2) is 4.68 Å². The number of nitrogen functional groups attached to an aromatic ring is 1. The summed E-state index contributed by atoms with van der Waals surface area (Å²) in [7, 11) is 0. The summed E-state index contributed by atoms with van der Waals surface area (Å²) >= 11 is 7.29. The van der Waals surface area contributed by atoms with Crippen molar-refractivity contribution >= 4 is 35.0 Å². The molecular formula is C18H18ClN5OS. The van der Waals surface area contributed by atoms with Gasteiger partial charge in [0.05, 0.1) is 5.75 Å². The molecule has 0 radical (unpaired) electrons. The zero-order valence-electron chi connectivity index (χ0n) is 14.4. The number of amides is 1. The van der Waals surface area contributed by atoms with Gasteiger partial charge in [0.1, 0.15) is 0 Å². The van der Waals surface area contributed by atoms with Gasteiger partial charge in [0.25, 0.3) is 0 Å². The van der Waals surface area contributed by atoms with Crippen molar-refractivity contribution in [2.24, 2.45) is 0 Å². The highest BCUT2D eigenvalue weighted by molar-refractivity contribution is 7.99. The molecule has 2 aromatic carbocycles. The number of carbonyl (C=O) groups excluding carboxylic acids is 1. The molecule has 0 aliphatic heterocycles. The van der Waals surface area contributed by atoms with E-state index in [1.54, 1.807) is 6.07 Å². The minimum atomic E-state index is -0.171. The fourth-order valence-corrected chi connectivity index (χ4v) is 3.11. The summed E-state index contributed by atoms with van der Waals surface area (Å²) in [6.45, 7) is 3.92. The quantitative estimate of drug-likeness (QED) is 0.515. The first-order chi connectivity index (χ1) is 12.4. The molecule has 0 saturated heterocycles. The largest absolute Gasteiger partial charge is 0.335 e. The standard InChI is InChI=1S/C18H18ClN5OS/c1-11-3-6-13(7-4-11)17-22-23-18(24(17)20)26-10-16(25)21-14-8-5-12(2)15(19)9-14/h3-9H,10,20H2,1-2H3,(H,21,25). The van der Waals surface area contributed by atoms with Crippen LogP contribution in [-0.4, -0.2) is 26.5 Å². The lowest BCUT2D eigenvalue weighted by Gasteiger charge is -2.07. The van der Waals surface area contributed by atoms with Crippen LogP contribution in [0.2, 0.25) is 5.02 Å². The molecule has 3 rings (SSSR count). The molecule has 3 aromatic rings. The number of aryl methyl sites for hydroxylation is 2. The average molecular weight is 388 g/mol. The van der Waals surface area contributed by atoms with E-state index in [0.717, 1.165) is 16.7 Å². The summed E-state index contributed by atoms with van der Waals surface area (Å²) in [4.78, 5) is 12.1. The van der Waals surface area contributed by atoms with Crippen LogP contribution in [0.25, 0.3) is 11.4 Å². The summed E-state index contributed by atoms with van der Waals surface area (Å²) in [5.41, 5.74) is 3.63. The number of rotatable bonds is 5. The lowest BCUT2D eigenvalue weighted by atomic mass is 10.1. The minimum Gasteiger partial charge on any atom is -0.335 e. The molecule has 0 spiro atoms. The molecule has 134 valence electrons. The number of thioether (sulfide) groups is 1. The van der Waals surface area contributed by atoms with Crippen LogP contribution in [0.3, 0.4) is 0 Å². The smallest absolute Gasteiger partial charge is 0.234 e. The van der Waals surface area contributed by atoms with Gasteiger partial charge in [0.15, 0.2) is 5.82 Å². The normalized spacial score (nSPS) is 10.7. The number of benzene rings is 2. The van der Waals surface area contributed by atoms with Crippen LogP contribution >= 0.6 is 23.4 Å². The number of nitrogens with zero attached hydrogens (tertiary/aromatic N) is 3. The number of halogens is 1. The highest BCUT2D eigenvalue weighted by Crippen LogP contribution is 2.23. The number of nitrogens with two attached hydrogens (primary N) is 1. The second-order valence-corrected chi connectivity index (χ2v) is 7.19. The van der Waals surface area contributed by atoms with Gasteiger partial charge in [-0.05, 0) is 31.5 Å². The third-order valence-electron chi connectivity index (χ3n) is 3.76. The van der Waals surface area contributed by atoms with E-state index < -0.39 is 0 Å². The van der Waals surface area contributed by atoms with E-state index in [1.165, 1.54) is 16.4 Å². The average Bonchev–Trinajstić information content (AvgIpc) is 2.98. The first-order valence-electron chi connectivity index (χ1n) is 7.90. The molecule has 0 fully saturated rings. The molecule has 0 aliphatic carbocycles. The molecule has 1 heterocycles. The summed E-state index contributed by atoms with van der Waals surface area (Å²) in [5, 5.41) is 12.1. The first kappa shape index (κ1) is 18.3. The molecule has 3 N–H and O–H groups in total. The Morgan fingerprint density at radius 3 is 2.62 bits per heavy atom. The summed E-state index contributed by atoms with van der Waals surface area (Å²) < 4.78 is 1.39. The van der Waals surface area contributed by atoms with E-state index in [9.17, 15) is 4.79 Å². The second-order valence-electron chi connectivity index (χ2n) is 5.84. The molecule has 1 amide bonds. The number of hydrogen-bond acceptors (Lipinski definition) is 5. The Labute approximate surface area is 160 Å². The topological polar surface area (TPSA) is 85.8 Å². The highest BCUT2D eigenvalue weighted by Gasteiger charge is 2.14. The summed E-state index contributed by atoms with van der Waals surface area (Å²) in [5.74, 6) is 6.61. The maximum Gasteiger partial charge on any atom is 0.234 e. The lowest BCUT2D eigenvalue weighted by molar-refractivity contribution is -0.113. The van der Waals surface area contributed by atoms with Gasteiger partial charge in [-0.15, -0.1) is 10.2 Å². The van der Waals surface area contributed by atoms with Crippen LogP contribution in [0, 0.1) is 13.8 Å². The minimum absolute atomic E-state index is 0.161. The van der Waals surface area contributed by atoms with E-state index in [4.69, 9.17) is 17.4 Å². The molecule has 0 aliphatic rings. The van der Waals surface area contributed by atoms with Crippen molar-refractivity contribution in [1.29, 1.82) is 0 Å². The van der Waals surface area contributed by atoms with Crippen LogP contribution in [0.5, 0.6) is 0 Å². The Morgan fingerprint density at radius 1 is 1.19 bits per heavy atom. The van der Waals surface area contributed by atoms with Crippen molar-refractivity contribution in [3.05, 3.63) is 58.6 Å². The number of aromatic nitrogens is 3. The van der Waals surface area contributed by atoms with Gasteiger partial charge < -0.3 is 11.2 Å². The van der Waals surface area contributed by atoms with Crippen molar-refractivity contribution in [3.63, 3.8) is 0 Å². The fourth-order valence-electron chi connectivity index (χ4n) is 2.27. The number of carbonyl (C=O) groups is 1. The highest BCUT2D eigenvalue weighted by atomic mass is 35.5. The summed E-state index contributed by atoms with van der Waals surface area (Å²) in [6, 6.07) is 13.2. The van der Waals surface area contributed by atoms with Crippen LogP contribution < -0.4 is 11.2 Å². The Kier molecular flexibility index (Phi) is 5.49. The van der Waals surface area contributed by atoms with E-state index in [0.29, 0.717) is 21.7 Å². The van der Waals surface area contributed by atoms with Gasteiger partial charge in [-0.3, -0.25) is 4.79 Å². The number of anilines is 1. The van der Waals surface area contributed by atoms with E-state index in [2.05, 4.69) is 15.5 Å². The molecule has 26 heavy (non-hydrogen) atoms. The van der Waals surface area contributed by atoms with E-state index >= 15 is 0 Å². The van der Waals surface area contributed by atoms with Crippen LogP contribution in [-0.2, 0) is 4.79 Å². The Hall–Kier alpha value is -2.51. The van der Waals surface area contributed by atoms with Crippen LogP contribution in [0.15, 0.2) is 47.6 Å². The van der Waals surface area contributed by atoms with Gasteiger partial charge in [0, 0.05) is 16.3 Å². The van der Waals surface area contributed by atoms with E-state index in [1.807, 2.05) is 50.2 Å². The van der Waals surface area contributed by atoms with Crippen molar-refractivity contribution < 1.29 is 4.79 Å². The summed E-state index contributed by atoms with van der Waals surface area (Å²) in [6.07, 6.45) is 0. The maximum atomic E-state index is 12.1. The van der Waals surface area contributed by atoms with Gasteiger partial charge >= 0.3 is 0 Å². The molecule has 8 heteroatoms. The molecule has 0 bridgehead atoms. The van der Waals surface area contributed by atoms with Crippen molar-refractivity contribution in [3.8, 4) is 11.4 Å². The Balaban J connectivity index is 1.63. The third-order valence-corrected chi connectivity index (χ3v) is 5.11.